The molecule has 0 aliphatic rings. The molecule has 1 N–H and O–H groups in total. The van der Waals surface area contributed by atoms with Gasteiger partial charge in [-0.2, -0.15) is 5.10 Å². The molecule has 1 aromatic carbocycles. The van der Waals surface area contributed by atoms with Gasteiger partial charge in [0.1, 0.15) is 19.2 Å². The molecule has 0 fully saturated rings. The number of rotatable bonds is 6. The van der Waals surface area contributed by atoms with E-state index in [2.05, 4.69) is 30.6 Å². The van der Waals surface area contributed by atoms with Crippen LogP contribution in [0.1, 0.15) is 11.5 Å². The lowest BCUT2D eigenvalue weighted by Crippen LogP contribution is -2.13. The lowest BCUT2D eigenvalue weighted by molar-refractivity contribution is -0.113. The minimum atomic E-state index is -0.179. The van der Waals surface area contributed by atoms with Gasteiger partial charge in [-0.1, -0.05) is 29.2 Å². The minimum absolute atomic E-state index is 0.153. The molecule has 4 aromatic rings. The number of nitrogens with one attached hydrogen (secondary N) is 1. The minimum Gasteiger partial charge on any atom is -0.414 e. The Morgan fingerprint density at radius 2 is 2.31 bits per heavy atom. The van der Waals surface area contributed by atoms with Crippen LogP contribution in [0.25, 0.3) is 10.2 Å². The molecule has 0 spiro atoms. The van der Waals surface area contributed by atoms with Crippen molar-refractivity contribution < 1.29 is 9.21 Å². The zero-order chi connectivity index (χ0) is 17.9. The predicted octanol–water partition coefficient (Wildman–Crippen LogP) is 2.36. The van der Waals surface area contributed by atoms with E-state index in [4.69, 9.17) is 4.42 Å². The average molecular weight is 387 g/mol. The van der Waals surface area contributed by atoms with Crippen molar-refractivity contribution in [2.45, 2.75) is 18.7 Å². The van der Waals surface area contributed by atoms with Gasteiger partial charge < -0.3 is 9.73 Å². The second kappa shape index (κ2) is 7.22. The number of carbonyl (C=O) groups excluding carboxylic acids is 1. The maximum Gasteiger partial charge on any atom is 0.277 e. The zero-order valence-corrected chi connectivity index (χ0v) is 15.3. The summed E-state index contributed by atoms with van der Waals surface area (Å²) in [6.07, 6.45) is 2.99. The monoisotopic (exact) mass is 387 g/mol. The topological polar surface area (TPSA) is 112 Å². The molecule has 4 rings (SSSR count). The van der Waals surface area contributed by atoms with Gasteiger partial charge in [0.15, 0.2) is 5.13 Å². The Hall–Kier alpha value is -2.79. The van der Waals surface area contributed by atoms with Gasteiger partial charge in [0.2, 0.25) is 11.8 Å². The fourth-order valence-corrected chi connectivity index (χ4v) is 3.74. The molecule has 3 aromatic heterocycles. The van der Waals surface area contributed by atoms with Crippen LogP contribution in [-0.4, -0.2) is 41.6 Å². The Kier molecular flexibility index (Phi) is 4.63. The molecule has 0 bridgehead atoms. The molecule has 0 radical (unpaired) electrons. The third kappa shape index (κ3) is 3.89. The van der Waals surface area contributed by atoms with Crippen LogP contribution in [0.15, 0.2) is 40.5 Å². The summed E-state index contributed by atoms with van der Waals surface area (Å²) in [5.41, 5.74) is 2.03. The first kappa shape index (κ1) is 16.7. The van der Waals surface area contributed by atoms with E-state index in [-0.39, 0.29) is 11.7 Å². The number of fused-ring (bicyclic) bond motifs is 1. The van der Waals surface area contributed by atoms with Crippen LogP contribution in [0, 0.1) is 6.92 Å². The summed E-state index contributed by atoms with van der Waals surface area (Å²) in [6, 6.07) is 5.99. The molecular formula is C15H13N7O2S2. The number of benzene rings is 1. The molecule has 0 unspecified atom stereocenters. The highest BCUT2D eigenvalue weighted by Gasteiger charge is 2.12. The van der Waals surface area contributed by atoms with E-state index >= 15 is 0 Å². The summed E-state index contributed by atoms with van der Waals surface area (Å²) in [4.78, 5) is 20.4. The summed E-state index contributed by atoms with van der Waals surface area (Å²) in [5, 5.41) is 15.5. The SMILES string of the molecule is Cc1ccc2nc(NC(=O)CSc3nnc(Cn4cncn4)o3)sc2c1. The molecule has 0 saturated heterocycles. The van der Waals surface area contributed by atoms with Crippen molar-refractivity contribution in [3.05, 3.63) is 42.3 Å². The van der Waals surface area contributed by atoms with Crippen LogP contribution in [0.4, 0.5) is 5.13 Å². The van der Waals surface area contributed by atoms with Crippen LogP contribution in [0.3, 0.4) is 0 Å². The van der Waals surface area contributed by atoms with E-state index in [0.29, 0.717) is 22.8 Å². The second-order valence-corrected chi connectivity index (χ2v) is 7.34. The van der Waals surface area contributed by atoms with Crippen molar-refractivity contribution >= 4 is 44.4 Å². The van der Waals surface area contributed by atoms with Crippen molar-refractivity contribution in [3.8, 4) is 0 Å². The molecule has 0 saturated carbocycles. The van der Waals surface area contributed by atoms with Gasteiger partial charge in [-0.25, -0.2) is 14.6 Å². The number of aromatic nitrogens is 6. The molecule has 3 heterocycles. The third-order valence-electron chi connectivity index (χ3n) is 3.33. The number of aryl methyl sites for hydroxylation is 1. The quantitative estimate of drug-likeness (QED) is 0.502. The Balaban J connectivity index is 1.32. The number of nitrogens with zero attached hydrogens (tertiary/aromatic N) is 6. The van der Waals surface area contributed by atoms with Crippen LogP contribution in [0.5, 0.6) is 0 Å². The number of hydrogen-bond acceptors (Lipinski definition) is 9. The summed E-state index contributed by atoms with van der Waals surface area (Å²) < 4.78 is 8.09. The maximum absolute atomic E-state index is 12.1. The lowest BCUT2D eigenvalue weighted by atomic mass is 10.2. The Morgan fingerprint density at radius 1 is 1.38 bits per heavy atom. The Morgan fingerprint density at radius 3 is 3.15 bits per heavy atom. The first-order valence-electron chi connectivity index (χ1n) is 7.60. The van der Waals surface area contributed by atoms with Gasteiger partial charge in [-0.15, -0.1) is 10.2 Å². The Labute approximate surface area is 155 Å². The summed E-state index contributed by atoms with van der Waals surface area (Å²) in [5.74, 6) is 0.377. The molecular weight excluding hydrogens is 374 g/mol. The maximum atomic E-state index is 12.1. The molecule has 26 heavy (non-hydrogen) atoms. The van der Waals surface area contributed by atoms with Crippen LogP contribution in [-0.2, 0) is 11.3 Å². The molecule has 9 nitrogen and oxygen atoms in total. The number of amides is 1. The highest BCUT2D eigenvalue weighted by atomic mass is 32.2. The van der Waals surface area contributed by atoms with E-state index in [1.54, 1.807) is 11.0 Å². The van der Waals surface area contributed by atoms with Gasteiger partial charge >= 0.3 is 0 Å². The number of carbonyl (C=O) groups is 1. The zero-order valence-electron chi connectivity index (χ0n) is 13.6. The van der Waals surface area contributed by atoms with Gasteiger partial charge in [-0.05, 0) is 24.6 Å². The summed E-state index contributed by atoms with van der Waals surface area (Å²) in [7, 11) is 0. The van der Waals surface area contributed by atoms with E-state index < -0.39 is 0 Å². The fraction of sp³-hybridized carbons (Fsp3) is 0.200. The van der Waals surface area contributed by atoms with E-state index in [9.17, 15) is 4.79 Å². The normalized spacial score (nSPS) is 11.1. The van der Waals surface area contributed by atoms with Gasteiger partial charge in [-0.3, -0.25) is 4.79 Å². The van der Waals surface area contributed by atoms with Crippen LogP contribution < -0.4 is 5.32 Å². The first-order valence-corrected chi connectivity index (χ1v) is 9.40. The standard InChI is InChI=1S/C15H13N7O2S2/c1-9-2-3-10-11(4-9)26-14(18-10)19-12(23)6-25-15-21-20-13(24-15)5-22-8-16-7-17-22/h2-4,7-8H,5-6H2,1H3,(H,18,19,23). The number of thiazole rings is 1. The fourth-order valence-electron chi connectivity index (χ4n) is 2.18. The van der Waals surface area contributed by atoms with Crippen LogP contribution >= 0.6 is 23.1 Å². The van der Waals surface area contributed by atoms with Crippen molar-refractivity contribution in [3.63, 3.8) is 0 Å². The highest BCUT2D eigenvalue weighted by Crippen LogP contribution is 2.27. The van der Waals surface area contributed by atoms with Crippen LogP contribution in [0.2, 0.25) is 0 Å². The van der Waals surface area contributed by atoms with Crippen molar-refractivity contribution in [2.24, 2.45) is 0 Å². The summed E-state index contributed by atoms with van der Waals surface area (Å²) in [6.45, 7) is 2.36. The lowest BCUT2D eigenvalue weighted by Gasteiger charge is -1.98. The van der Waals surface area contributed by atoms with E-state index in [1.807, 2.05) is 25.1 Å². The number of anilines is 1. The largest absolute Gasteiger partial charge is 0.414 e. The van der Waals surface area contributed by atoms with Gasteiger partial charge in [0.05, 0.1) is 16.0 Å². The van der Waals surface area contributed by atoms with Gasteiger partial charge in [0.25, 0.3) is 5.22 Å². The summed E-state index contributed by atoms with van der Waals surface area (Å²) >= 11 is 2.62. The predicted molar refractivity (Wildman–Crippen MR) is 97.1 cm³/mol. The second-order valence-electron chi connectivity index (χ2n) is 5.38. The molecule has 0 atom stereocenters. The highest BCUT2D eigenvalue weighted by molar-refractivity contribution is 7.99. The van der Waals surface area contributed by atoms with Crippen molar-refractivity contribution in [1.29, 1.82) is 0 Å². The molecule has 0 aliphatic carbocycles. The van der Waals surface area contributed by atoms with Crippen molar-refractivity contribution in [1.82, 2.24) is 29.9 Å². The van der Waals surface area contributed by atoms with E-state index in [0.717, 1.165) is 15.8 Å². The van der Waals surface area contributed by atoms with Gasteiger partial charge in [0, 0.05) is 0 Å². The molecule has 0 aliphatic heterocycles. The molecule has 132 valence electrons. The van der Waals surface area contributed by atoms with Crippen molar-refractivity contribution in [2.75, 3.05) is 11.1 Å². The molecule has 11 heteroatoms. The average Bonchev–Trinajstić information content (AvgIpc) is 3.34. The Bertz CT molecular complexity index is 1040. The third-order valence-corrected chi connectivity index (χ3v) is 5.08. The first-order chi connectivity index (χ1) is 12.7. The number of hydrogen-bond donors (Lipinski definition) is 1. The molecule has 1 amide bonds. The smallest absolute Gasteiger partial charge is 0.277 e. The van der Waals surface area contributed by atoms with E-state index in [1.165, 1.54) is 29.4 Å². The number of thioether (sulfide) groups is 1.